The molecule has 220 valence electrons. The molecule has 5 aromatic rings. The van der Waals surface area contributed by atoms with Crippen molar-refractivity contribution in [1.82, 2.24) is 0 Å². The number of rotatable bonds is 6. The molecule has 2 aliphatic rings. The first-order chi connectivity index (χ1) is 22.0. The van der Waals surface area contributed by atoms with Crippen LogP contribution in [0, 0.1) is 40.6 Å². The molecule has 0 saturated heterocycles. The van der Waals surface area contributed by atoms with Gasteiger partial charge in [0, 0.05) is 24.7 Å². The van der Waals surface area contributed by atoms with Crippen LogP contribution in [0.5, 0.6) is 11.5 Å². The van der Waals surface area contributed by atoms with Crippen molar-refractivity contribution >= 4 is 99.3 Å². The SMILES string of the molecule is [C-]#[N+]/C(C#N)=C/c1cc(OC)c(C2=Cc3sc4c(sc5cc(-c6sc(C=C(C#N)C#N)cc6OC)sc54)c3C23CCCCC3)s1. The zero-order chi connectivity index (χ0) is 31.3. The summed E-state index contributed by atoms with van der Waals surface area (Å²) in [7, 11) is 3.34. The fourth-order valence-electron chi connectivity index (χ4n) is 6.47. The highest BCUT2D eigenvalue weighted by Crippen LogP contribution is 2.63. The standard InChI is InChI=1S/C34H22N4O2S5/c1-38-19(17-37)10-21-12-23(39-2)29(41-21)22-13-25-28(34(22)7-5-4-6-8-34)32-33(43-25)31-27(45-32)14-26(44-31)30-24(40-3)11-20(42-30)9-18(15-35)16-36/h9-14H,4-8H2,2-3H3/b19-10+. The van der Waals surface area contributed by atoms with E-state index >= 15 is 0 Å². The topological polar surface area (TPSA) is 94.2 Å². The molecule has 0 amide bonds. The fraction of sp³-hybridized carbons (Fsp3) is 0.235. The summed E-state index contributed by atoms with van der Waals surface area (Å²) in [6.07, 6.45) is 11.4. The second-order valence-electron chi connectivity index (χ2n) is 10.7. The van der Waals surface area contributed by atoms with E-state index in [2.05, 4.69) is 17.0 Å². The molecule has 6 nitrogen and oxygen atoms in total. The molecule has 5 heterocycles. The van der Waals surface area contributed by atoms with E-state index < -0.39 is 0 Å². The van der Waals surface area contributed by atoms with Crippen LogP contribution in [0.3, 0.4) is 0 Å². The fourth-order valence-corrected chi connectivity index (χ4v) is 13.2. The highest BCUT2D eigenvalue weighted by Gasteiger charge is 2.47. The molecule has 1 fully saturated rings. The molecule has 1 spiro atoms. The number of allylic oxidation sites excluding steroid dienone is 3. The van der Waals surface area contributed by atoms with Crippen molar-refractivity contribution in [3.8, 4) is 39.5 Å². The van der Waals surface area contributed by atoms with Crippen molar-refractivity contribution in [2.24, 2.45) is 0 Å². The van der Waals surface area contributed by atoms with Gasteiger partial charge in [-0.1, -0.05) is 19.3 Å². The second-order valence-corrected chi connectivity index (χ2v) is 16.1. The molecule has 0 radical (unpaired) electrons. The lowest BCUT2D eigenvalue weighted by atomic mass is 9.67. The maximum Gasteiger partial charge on any atom is 0.263 e. The van der Waals surface area contributed by atoms with Crippen LogP contribution in [0.1, 0.15) is 57.2 Å². The van der Waals surface area contributed by atoms with E-state index in [1.807, 2.05) is 53.0 Å². The van der Waals surface area contributed by atoms with Crippen molar-refractivity contribution in [3.05, 3.63) is 66.0 Å². The summed E-state index contributed by atoms with van der Waals surface area (Å²) in [6, 6.07) is 11.9. The van der Waals surface area contributed by atoms with E-state index in [9.17, 15) is 15.8 Å². The highest BCUT2D eigenvalue weighted by molar-refractivity contribution is 7.40. The number of thiophene rings is 5. The lowest BCUT2D eigenvalue weighted by Crippen LogP contribution is -2.28. The molecule has 2 aliphatic carbocycles. The summed E-state index contributed by atoms with van der Waals surface area (Å²) in [5, 5.41) is 27.7. The molecular weight excluding hydrogens is 657 g/mol. The first-order valence-corrected chi connectivity index (χ1v) is 18.1. The van der Waals surface area contributed by atoms with Crippen molar-refractivity contribution in [1.29, 1.82) is 15.8 Å². The number of fused-ring (bicyclic) bond motifs is 6. The molecule has 0 aliphatic heterocycles. The molecule has 0 unspecified atom stereocenters. The van der Waals surface area contributed by atoms with Crippen LogP contribution in [0.15, 0.2) is 29.5 Å². The summed E-state index contributed by atoms with van der Waals surface area (Å²) < 4.78 is 16.8. The summed E-state index contributed by atoms with van der Waals surface area (Å²) in [5.74, 6) is 1.54. The molecule has 0 N–H and O–H groups in total. The number of hydrogen-bond donors (Lipinski definition) is 0. The predicted octanol–water partition coefficient (Wildman–Crippen LogP) is 11.0. The van der Waals surface area contributed by atoms with Gasteiger partial charge in [-0.05, 0) is 60.4 Å². The Balaban J connectivity index is 1.35. The second kappa shape index (κ2) is 11.6. The lowest BCUT2D eigenvalue weighted by molar-refractivity contribution is 0.373. The minimum Gasteiger partial charge on any atom is -0.495 e. The maximum absolute atomic E-state index is 9.33. The van der Waals surface area contributed by atoms with Crippen LogP contribution < -0.4 is 9.47 Å². The molecule has 0 atom stereocenters. The summed E-state index contributed by atoms with van der Waals surface area (Å²) in [6.45, 7) is 7.31. The third-order valence-electron chi connectivity index (χ3n) is 8.37. The molecular formula is C34H22N4O2S5. The first kappa shape index (κ1) is 29.5. The van der Waals surface area contributed by atoms with E-state index in [4.69, 9.17) is 16.0 Å². The average Bonchev–Trinajstić information content (AvgIpc) is 3.89. The van der Waals surface area contributed by atoms with Crippen molar-refractivity contribution in [2.45, 2.75) is 37.5 Å². The third kappa shape index (κ3) is 4.72. The van der Waals surface area contributed by atoms with Crippen LogP contribution in [-0.2, 0) is 5.41 Å². The van der Waals surface area contributed by atoms with Crippen LogP contribution in [0.25, 0.3) is 57.2 Å². The van der Waals surface area contributed by atoms with Crippen LogP contribution in [-0.4, -0.2) is 14.2 Å². The number of methoxy groups -OCH3 is 2. The molecule has 0 bridgehead atoms. The van der Waals surface area contributed by atoms with Crippen LogP contribution in [0.2, 0.25) is 0 Å². The summed E-state index contributed by atoms with van der Waals surface area (Å²) >= 11 is 8.64. The van der Waals surface area contributed by atoms with Crippen molar-refractivity contribution in [3.63, 3.8) is 0 Å². The molecule has 11 heteroatoms. The Bertz CT molecular complexity index is 2250. The first-order valence-electron chi connectivity index (χ1n) is 14.1. The zero-order valence-corrected chi connectivity index (χ0v) is 28.2. The third-order valence-corrected chi connectivity index (χ3v) is 14.6. The monoisotopic (exact) mass is 678 g/mol. The quantitative estimate of drug-likeness (QED) is 0.132. The van der Waals surface area contributed by atoms with Gasteiger partial charge in [0.15, 0.2) is 0 Å². The van der Waals surface area contributed by atoms with Gasteiger partial charge < -0.3 is 9.47 Å². The Morgan fingerprint density at radius 2 is 1.51 bits per heavy atom. The Hall–Kier alpha value is -4.20. The Kier molecular flexibility index (Phi) is 7.62. The lowest BCUT2D eigenvalue weighted by Gasteiger charge is -2.37. The van der Waals surface area contributed by atoms with Crippen molar-refractivity contribution < 1.29 is 9.47 Å². The van der Waals surface area contributed by atoms with Gasteiger partial charge in [-0.15, -0.1) is 56.7 Å². The van der Waals surface area contributed by atoms with Gasteiger partial charge in [0.2, 0.25) is 0 Å². The summed E-state index contributed by atoms with van der Waals surface area (Å²) in [5.41, 5.74) is 2.82. The largest absolute Gasteiger partial charge is 0.495 e. The molecule has 1 saturated carbocycles. The number of nitriles is 3. The minimum atomic E-state index is -0.0873. The number of nitrogens with zero attached hydrogens (tertiary/aromatic N) is 4. The predicted molar refractivity (Wildman–Crippen MR) is 188 cm³/mol. The van der Waals surface area contributed by atoms with Crippen LogP contribution >= 0.6 is 56.7 Å². The van der Waals surface area contributed by atoms with E-state index in [-0.39, 0.29) is 16.7 Å². The Labute approximate surface area is 280 Å². The Morgan fingerprint density at radius 3 is 2.18 bits per heavy atom. The number of ether oxygens (including phenoxy) is 2. The Morgan fingerprint density at radius 1 is 0.822 bits per heavy atom. The zero-order valence-electron chi connectivity index (χ0n) is 24.1. The van der Waals surface area contributed by atoms with Crippen molar-refractivity contribution in [2.75, 3.05) is 14.2 Å². The van der Waals surface area contributed by atoms with E-state index in [0.29, 0.717) is 0 Å². The van der Waals surface area contributed by atoms with Gasteiger partial charge in [-0.25, -0.2) is 10.1 Å². The number of hydrogen-bond acceptors (Lipinski definition) is 10. The average molecular weight is 679 g/mol. The smallest absolute Gasteiger partial charge is 0.263 e. The molecule has 5 aromatic heterocycles. The van der Waals surface area contributed by atoms with Crippen LogP contribution in [0.4, 0.5) is 0 Å². The normalized spacial score (nSPS) is 15.2. The minimum absolute atomic E-state index is 0.0685. The van der Waals surface area contributed by atoms with E-state index in [0.717, 1.165) is 48.7 Å². The molecule has 45 heavy (non-hydrogen) atoms. The van der Waals surface area contributed by atoms with Gasteiger partial charge in [-0.2, -0.15) is 10.5 Å². The molecule has 0 aromatic carbocycles. The van der Waals surface area contributed by atoms with E-state index in [1.54, 1.807) is 49.0 Å². The maximum atomic E-state index is 9.33. The molecule has 7 rings (SSSR count). The van der Waals surface area contributed by atoms with Gasteiger partial charge in [0.05, 0.1) is 55.6 Å². The van der Waals surface area contributed by atoms with Gasteiger partial charge in [0.25, 0.3) is 5.70 Å². The summed E-state index contributed by atoms with van der Waals surface area (Å²) in [4.78, 5) is 9.55. The van der Waals surface area contributed by atoms with Gasteiger partial charge in [-0.3, -0.25) is 0 Å². The van der Waals surface area contributed by atoms with Gasteiger partial charge in [0.1, 0.15) is 29.2 Å². The van der Waals surface area contributed by atoms with Gasteiger partial charge >= 0.3 is 0 Å². The van der Waals surface area contributed by atoms with E-state index in [1.165, 1.54) is 65.4 Å². The highest BCUT2D eigenvalue weighted by atomic mass is 32.1.